The smallest absolute Gasteiger partial charge is 0.254 e. The van der Waals surface area contributed by atoms with E-state index in [9.17, 15) is 9.59 Å². The van der Waals surface area contributed by atoms with E-state index in [0.717, 1.165) is 31.4 Å². The van der Waals surface area contributed by atoms with Crippen molar-refractivity contribution in [3.05, 3.63) is 29.8 Å². The molecule has 1 unspecified atom stereocenters. The van der Waals surface area contributed by atoms with Gasteiger partial charge in [0.25, 0.3) is 5.91 Å². The molecule has 3 rings (SSSR count). The van der Waals surface area contributed by atoms with Crippen molar-refractivity contribution in [3.8, 4) is 5.75 Å². The normalized spacial score (nSPS) is 24.5. The van der Waals surface area contributed by atoms with Crippen LogP contribution in [0.25, 0.3) is 0 Å². The van der Waals surface area contributed by atoms with Crippen LogP contribution in [0, 0.1) is 0 Å². The van der Waals surface area contributed by atoms with Crippen LogP contribution in [0.5, 0.6) is 5.75 Å². The van der Waals surface area contributed by atoms with Crippen LogP contribution in [-0.2, 0) is 20.7 Å². The highest BCUT2D eigenvalue weighted by Crippen LogP contribution is 2.28. The van der Waals surface area contributed by atoms with E-state index in [2.05, 4.69) is 11.4 Å². The van der Waals surface area contributed by atoms with Gasteiger partial charge in [0.05, 0.1) is 25.7 Å². The fourth-order valence-electron chi connectivity index (χ4n) is 4.11. The third kappa shape index (κ3) is 5.28. The van der Waals surface area contributed by atoms with Gasteiger partial charge in [0.2, 0.25) is 5.91 Å². The zero-order valence-electron chi connectivity index (χ0n) is 17.3. The lowest BCUT2D eigenvalue weighted by atomic mass is 9.91. The number of morpholine rings is 1. The van der Waals surface area contributed by atoms with E-state index in [1.807, 2.05) is 25.1 Å². The number of nitrogens with two attached hydrogens (primary N) is 1. The van der Waals surface area contributed by atoms with Crippen molar-refractivity contribution in [2.45, 2.75) is 57.1 Å². The van der Waals surface area contributed by atoms with E-state index in [4.69, 9.17) is 15.2 Å². The van der Waals surface area contributed by atoms with Crippen LogP contribution in [0.3, 0.4) is 0 Å². The summed E-state index contributed by atoms with van der Waals surface area (Å²) in [6, 6.07) is 7.52. The number of benzene rings is 1. The highest BCUT2D eigenvalue weighted by molar-refractivity contribution is 5.88. The molecule has 0 bridgehead atoms. The van der Waals surface area contributed by atoms with Gasteiger partial charge in [-0.25, -0.2) is 0 Å². The fraction of sp³-hybridized carbons (Fsp3) is 0.636. The molecule has 160 valence electrons. The second-order valence-electron chi connectivity index (χ2n) is 7.92. The van der Waals surface area contributed by atoms with Gasteiger partial charge in [-0.05, 0) is 43.7 Å². The number of fused-ring (bicyclic) bond motifs is 1. The van der Waals surface area contributed by atoms with Gasteiger partial charge in [-0.1, -0.05) is 31.5 Å². The maximum absolute atomic E-state index is 13.1. The monoisotopic (exact) mass is 403 g/mol. The predicted molar refractivity (Wildman–Crippen MR) is 111 cm³/mol. The average Bonchev–Trinajstić information content (AvgIpc) is 2.74. The molecule has 2 aliphatic rings. The Kier molecular flexibility index (Phi) is 7.50. The second-order valence-corrected chi connectivity index (χ2v) is 7.92. The number of ether oxygens (including phenoxy) is 2. The molecule has 3 N–H and O–H groups in total. The zero-order valence-corrected chi connectivity index (χ0v) is 17.3. The lowest BCUT2D eigenvalue weighted by Gasteiger charge is -2.42. The molecule has 7 heteroatoms. The van der Waals surface area contributed by atoms with Crippen LogP contribution in [0.15, 0.2) is 24.3 Å². The first-order valence-electron chi connectivity index (χ1n) is 10.7. The molecule has 2 heterocycles. The molecule has 0 radical (unpaired) electrons. The Balaban J connectivity index is 1.71. The minimum atomic E-state index is -1.02. The SMILES string of the molecule is CCC[C@H](N)C(=O)N1CCOC2(CCCCc3ccccc3OCCNC2=O)C1. The summed E-state index contributed by atoms with van der Waals surface area (Å²) in [5.41, 5.74) is 6.21. The van der Waals surface area contributed by atoms with Crippen molar-refractivity contribution >= 4 is 11.8 Å². The van der Waals surface area contributed by atoms with Crippen LogP contribution < -0.4 is 15.8 Å². The summed E-state index contributed by atoms with van der Waals surface area (Å²) in [5, 5.41) is 2.95. The van der Waals surface area contributed by atoms with E-state index in [1.165, 1.54) is 5.56 Å². The number of para-hydroxylation sites is 1. The van der Waals surface area contributed by atoms with Gasteiger partial charge in [-0.15, -0.1) is 0 Å². The first-order chi connectivity index (χ1) is 14.1. The zero-order chi connectivity index (χ0) is 20.7. The number of carbonyl (C=O) groups is 2. The summed E-state index contributed by atoms with van der Waals surface area (Å²) in [4.78, 5) is 27.5. The summed E-state index contributed by atoms with van der Waals surface area (Å²) in [7, 11) is 0. The maximum Gasteiger partial charge on any atom is 0.254 e. The van der Waals surface area contributed by atoms with Crippen molar-refractivity contribution in [3.63, 3.8) is 0 Å². The molecule has 1 aromatic rings. The van der Waals surface area contributed by atoms with Crippen molar-refractivity contribution in [1.82, 2.24) is 10.2 Å². The highest BCUT2D eigenvalue weighted by Gasteiger charge is 2.44. The largest absolute Gasteiger partial charge is 0.491 e. The van der Waals surface area contributed by atoms with Crippen LogP contribution in [0.1, 0.15) is 44.6 Å². The molecule has 1 fully saturated rings. The van der Waals surface area contributed by atoms with Gasteiger partial charge in [0, 0.05) is 6.54 Å². The van der Waals surface area contributed by atoms with Gasteiger partial charge in [-0.3, -0.25) is 9.59 Å². The third-order valence-corrected chi connectivity index (χ3v) is 5.72. The minimum Gasteiger partial charge on any atom is -0.491 e. The van der Waals surface area contributed by atoms with Gasteiger partial charge >= 0.3 is 0 Å². The summed E-state index contributed by atoms with van der Waals surface area (Å²) < 4.78 is 11.9. The van der Waals surface area contributed by atoms with E-state index >= 15 is 0 Å². The van der Waals surface area contributed by atoms with Crippen LogP contribution >= 0.6 is 0 Å². The fourth-order valence-corrected chi connectivity index (χ4v) is 4.11. The number of rotatable bonds is 3. The number of amides is 2. The Labute approximate surface area is 172 Å². The summed E-state index contributed by atoms with van der Waals surface area (Å²) in [6.07, 6.45) is 4.70. The topological polar surface area (TPSA) is 93.9 Å². The molecule has 0 saturated carbocycles. The van der Waals surface area contributed by atoms with E-state index in [-0.39, 0.29) is 18.4 Å². The number of aryl methyl sites for hydroxylation is 1. The van der Waals surface area contributed by atoms with Crippen LogP contribution in [-0.4, -0.2) is 61.2 Å². The second kappa shape index (κ2) is 10.1. The molecule has 2 aliphatic heterocycles. The highest BCUT2D eigenvalue weighted by atomic mass is 16.5. The maximum atomic E-state index is 13.1. The number of nitrogens with one attached hydrogen (secondary N) is 1. The molecule has 0 aliphatic carbocycles. The Hall–Kier alpha value is -2.12. The van der Waals surface area contributed by atoms with Crippen molar-refractivity contribution < 1.29 is 19.1 Å². The quantitative estimate of drug-likeness (QED) is 0.800. The molecule has 1 spiro atoms. The first-order valence-corrected chi connectivity index (χ1v) is 10.7. The van der Waals surface area contributed by atoms with Crippen molar-refractivity contribution in [1.29, 1.82) is 0 Å². The molecular weight excluding hydrogens is 370 g/mol. The van der Waals surface area contributed by atoms with Crippen molar-refractivity contribution in [2.75, 3.05) is 32.8 Å². The lowest BCUT2D eigenvalue weighted by molar-refractivity contribution is -0.168. The van der Waals surface area contributed by atoms with Gasteiger partial charge < -0.3 is 25.4 Å². The Morgan fingerprint density at radius 1 is 1.31 bits per heavy atom. The summed E-state index contributed by atoms with van der Waals surface area (Å²) in [5.74, 6) is 0.620. The Bertz CT molecular complexity index is 711. The minimum absolute atomic E-state index is 0.0919. The Morgan fingerprint density at radius 3 is 2.97 bits per heavy atom. The van der Waals surface area contributed by atoms with Gasteiger partial charge in [0.15, 0.2) is 5.60 Å². The predicted octanol–water partition coefficient (Wildman–Crippen LogP) is 1.63. The first kappa shape index (κ1) is 21.6. The van der Waals surface area contributed by atoms with Crippen LogP contribution in [0.4, 0.5) is 0 Å². The average molecular weight is 404 g/mol. The molecule has 2 amide bonds. The van der Waals surface area contributed by atoms with Gasteiger partial charge in [-0.2, -0.15) is 0 Å². The number of carbonyl (C=O) groups excluding carboxylic acids is 2. The molecule has 7 nitrogen and oxygen atoms in total. The lowest BCUT2D eigenvalue weighted by Crippen LogP contribution is -2.62. The molecule has 2 atom stereocenters. The number of nitrogens with zero attached hydrogens (tertiary/aromatic N) is 1. The van der Waals surface area contributed by atoms with E-state index in [1.54, 1.807) is 4.90 Å². The van der Waals surface area contributed by atoms with E-state index in [0.29, 0.717) is 39.1 Å². The van der Waals surface area contributed by atoms with Gasteiger partial charge in [0.1, 0.15) is 12.4 Å². The molecule has 1 saturated heterocycles. The summed E-state index contributed by atoms with van der Waals surface area (Å²) >= 11 is 0. The van der Waals surface area contributed by atoms with Crippen LogP contribution in [0.2, 0.25) is 0 Å². The molecular formula is C22H33N3O4. The number of hydrogen-bond acceptors (Lipinski definition) is 5. The molecule has 1 aromatic carbocycles. The molecule has 0 aromatic heterocycles. The molecule has 29 heavy (non-hydrogen) atoms. The third-order valence-electron chi connectivity index (χ3n) is 5.72. The van der Waals surface area contributed by atoms with Crippen molar-refractivity contribution in [2.24, 2.45) is 5.73 Å². The van der Waals surface area contributed by atoms with E-state index < -0.39 is 11.6 Å². The standard InChI is InChI=1S/C22H33N3O4/c1-2-7-18(23)20(26)25-13-15-29-22(16-25)11-6-5-9-17-8-3-4-10-19(17)28-14-12-24-21(22)27/h3-4,8,10,18H,2,5-7,9,11-16,23H2,1H3,(H,24,27)/t18-,22?/m0/s1. The summed E-state index contributed by atoms with van der Waals surface area (Å²) in [6.45, 7) is 3.87. The number of hydrogen-bond donors (Lipinski definition) is 2. The Morgan fingerprint density at radius 2 is 2.14 bits per heavy atom.